The van der Waals surface area contributed by atoms with E-state index in [4.69, 9.17) is 9.47 Å². The molecule has 0 saturated heterocycles. The van der Waals surface area contributed by atoms with E-state index in [0.717, 1.165) is 11.3 Å². The Morgan fingerprint density at radius 2 is 2.13 bits per heavy atom. The molecule has 0 aliphatic heterocycles. The highest BCUT2D eigenvalue weighted by atomic mass is 32.1. The van der Waals surface area contributed by atoms with Gasteiger partial charge in [-0.15, -0.1) is 11.3 Å². The van der Waals surface area contributed by atoms with Crippen molar-refractivity contribution in [2.75, 3.05) is 19.0 Å². The van der Waals surface area contributed by atoms with Gasteiger partial charge in [0.1, 0.15) is 10.8 Å². The molecule has 9 heteroatoms. The molecule has 0 fully saturated rings. The minimum Gasteiger partial charge on any atom is -0.495 e. The molecule has 122 valence electrons. The van der Waals surface area contributed by atoms with Gasteiger partial charge in [0, 0.05) is 0 Å². The highest BCUT2D eigenvalue weighted by molar-refractivity contribution is 7.14. The highest BCUT2D eigenvalue weighted by Gasteiger charge is 2.17. The van der Waals surface area contributed by atoms with Gasteiger partial charge < -0.3 is 14.8 Å². The molecule has 2 heterocycles. The van der Waals surface area contributed by atoms with E-state index in [1.54, 1.807) is 32.4 Å². The van der Waals surface area contributed by atoms with Gasteiger partial charge in [-0.05, 0) is 19.1 Å². The van der Waals surface area contributed by atoms with Crippen LogP contribution in [0.3, 0.4) is 0 Å². The molecule has 2 aromatic rings. The topological polar surface area (TPSA) is 102 Å². The number of amides is 2. The van der Waals surface area contributed by atoms with E-state index in [1.165, 1.54) is 5.51 Å². The average molecular weight is 336 g/mol. The van der Waals surface area contributed by atoms with Crippen LogP contribution in [0.25, 0.3) is 0 Å². The highest BCUT2D eigenvalue weighted by Crippen LogP contribution is 2.20. The number of methoxy groups -OCH3 is 1. The molecule has 0 aromatic carbocycles. The minimum atomic E-state index is -0.623. The number of hydrogen-bond acceptors (Lipinski definition) is 7. The van der Waals surface area contributed by atoms with Crippen molar-refractivity contribution < 1.29 is 19.1 Å². The van der Waals surface area contributed by atoms with Gasteiger partial charge in [0.05, 0.1) is 37.7 Å². The Kier molecular flexibility index (Phi) is 5.87. The van der Waals surface area contributed by atoms with Crippen LogP contribution < -0.4 is 15.4 Å². The number of carbonyl (C=O) groups is 2. The van der Waals surface area contributed by atoms with Crippen molar-refractivity contribution in [3.05, 3.63) is 35.2 Å². The number of ether oxygens (including phenoxy) is 2. The van der Waals surface area contributed by atoms with E-state index in [2.05, 4.69) is 20.6 Å². The van der Waals surface area contributed by atoms with Crippen LogP contribution in [0, 0.1) is 0 Å². The number of pyridine rings is 1. The normalized spacial score (nSPS) is 10.0. The van der Waals surface area contributed by atoms with E-state index < -0.39 is 12.0 Å². The molecule has 0 spiro atoms. The smallest absolute Gasteiger partial charge is 0.412 e. The van der Waals surface area contributed by atoms with Gasteiger partial charge in [-0.2, -0.15) is 0 Å². The Labute approximate surface area is 136 Å². The summed E-state index contributed by atoms with van der Waals surface area (Å²) < 4.78 is 9.79. The molecule has 0 atom stereocenters. The number of hydrogen-bond donors (Lipinski definition) is 2. The van der Waals surface area contributed by atoms with Crippen molar-refractivity contribution in [2.45, 2.75) is 13.5 Å². The molecule has 2 N–H and O–H groups in total. The zero-order valence-corrected chi connectivity index (χ0v) is 13.5. The summed E-state index contributed by atoms with van der Waals surface area (Å²) in [6.45, 7) is 2.18. The molecule has 0 aliphatic rings. The molecular weight excluding hydrogens is 320 g/mol. The molecule has 0 unspecified atom stereocenters. The number of carbonyl (C=O) groups excluding carboxylic acids is 2. The van der Waals surface area contributed by atoms with Gasteiger partial charge in [-0.3, -0.25) is 15.1 Å². The summed E-state index contributed by atoms with van der Waals surface area (Å²) in [5.41, 5.74) is 2.29. The van der Waals surface area contributed by atoms with Crippen molar-refractivity contribution in [1.82, 2.24) is 15.3 Å². The maximum atomic E-state index is 12.2. The lowest BCUT2D eigenvalue weighted by Gasteiger charge is -2.07. The van der Waals surface area contributed by atoms with Crippen LogP contribution in [-0.4, -0.2) is 35.7 Å². The van der Waals surface area contributed by atoms with Crippen LogP contribution in [0.4, 0.5) is 9.80 Å². The fourth-order valence-electron chi connectivity index (χ4n) is 1.65. The molecule has 0 aliphatic carbocycles. The SMILES string of the molecule is CCOC(=O)Nc1scnc1C(=O)NCc1ccc(OC)cn1. The third-order valence-electron chi connectivity index (χ3n) is 2.74. The first-order valence-corrected chi connectivity index (χ1v) is 7.66. The summed E-state index contributed by atoms with van der Waals surface area (Å²) in [4.78, 5) is 31.7. The second-order valence-electron chi connectivity index (χ2n) is 4.25. The zero-order chi connectivity index (χ0) is 16.7. The van der Waals surface area contributed by atoms with Gasteiger partial charge >= 0.3 is 6.09 Å². The largest absolute Gasteiger partial charge is 0.495 e. The van der Waals surface area contributed by atoms with Crippen LogP contribution in [0.5, 0.6) is 5.75 Å². The fraction of sp³-hybridized carbons (Fsp3) is 0.286. The van der Waals surface area contributed by atoms with Crippen LogP contribution in [-0.2, 0) is 11.3 Å². The molecule has 23 heavy (non-hydrogen) atoms. The number of aromatic nitrogens is 2. The summed E-state index contributed by atoms with van der Waals surface area (Å²) in [6, 6.07) is 3.50. The Hall–Kier alpha value is -2.68. The zero-order valence-electron chi connectivity index (χ0n) is 12.7. The van der Waals surface area contributed by atoms with E-state index >= 15 is 0 Å². The fourth-order valence-corrected chi connectivity index (χ4v) is 2.31. The van der Waals surface area contributed by atoms with E-state index in [9.17, 15) is 9.59 Å². The maximum absolute atomic E-state index is 12.2. The maximum Gasteiger partial charge on any atom is 0.412 e. The summed E-state index contributed by atoms with van der Waals surface area (Å²) in [6.07, 6.45) is 0.945. The summed E-state index contributed by atoms with van der Waals surface area (Å²) in [7, 11) is 1.55. The molecule has 8 nitrogen and oxygen atoms in total. The number of nitrogens with one attached hydrogen (secondary N) is 2. The predicted octanol–water partition coefficient (Wildman–Crippen LogP) is 2.05. The Morgan fingerprint density at radius 3 is 2.78 bits per heavy atom. The monoisotopic (exact) mass is 336 g/mol. The number of rotatable bonds is 6. The van der Waals surface area contributed by atoms with Crippen molar-refractivity contribution >= 4 is 28.3 Å². The van der Waals surface area contributed by atoms with Crippen LogP contribution in [0.15, 0.2) is 23.8 Å². The van der Waals surface area contributed by atoms with Gasteiger partial charge in [0.25, 0.3) is 5.91 Å². The second kappa shape index (κ2) is 8.08. The van der Waals surface area contributed by atoms with Crippen LogP contribution in [0.2, 0.25) is 0 Å². The van der Waals surface area contributed by atoms with Crippen molar-refractivity contribution in [3.63, 3.8) is 0 Å². The Balaban J connectivity index is 1.95. The molecule has 0 saturated carbocycles. The van der Waals surface area contributed by atoms with Gasteiger partial charge in [0.15, 0.2) is 5.69 Å². The summed E-state index contributed by atoms with van der Waals surface area (Å²) in [5, 5.41) is 5.52. The van der Waals surface area contributed by atoms with E-state index in [1.807, 2.05) is 0 Å². The van der Waals surface area contributed by atoms with Crippen molar-refractivity contribution in [2.24, 2.45) is 0 Å². The number of nitrogens with zero attached hydrogens (tertiary/aromatic N) is 2. The minimum absolute atomic E-state index is 0.136. The summed E-state index contributed by atoms with van der Waals surface area (Å²) >= 11 is 1.14. The molecule has 2 rings (SSSR count). The van der Waals surface area contributed by atoms with Gasteiger partial charge in [-0.25, -0.2) is 9.78 Å². The quantitative estimate of drug-likeness (QED) is 0.837. The third-order valence-corrected chi connectivity index (χ3v) is 3.48. The molecule has 0 radical (unpaired) electrons. The van der Waals surface area contributed by atoms with E-state index in [0.29, 0.717) is 16.4 Å². The Morgan fingerprint density at radius 1 is 1.30 bits per heavy atom. The lowest BCUT2D eigenvalue weighted by molar-refractivity contribution is 0.0947. The van der Waals surface area contributed by atoms with Gasteiger partial charge in [0.2, 0.25) is 0 Å². The van der Waals surface area contributed by atoms with Crippen LogP contribution >= 0.6 is 11.3 Å². The lowest BCUT2D eigenvalue weighted by atomic mass is 10.3. The molecule has 2 amide bonds. The van der Waals surface area contributed by atoms with Crippen molar-refractivity contribution in [3.8, 4) is 5.75 Å². The first-order chi connectivity index (χ1) is 11.1. The Bertz CT molecular complexity index is 672. The second-order valence-corrected chi connectivity index (χ2v) is 5.10. The molecule has 2 aromatic heterocycles. The predicted molar refractivity (Wildman–Crippen MR) is 84.7 cm³/mol. The lowest BCUT2D eigenvalue weighted by Crippen LogP contribution is -2.25. The van der Waals surface area contributed by atoms with Crippen LogP contribution in [0.1, 0.15) is 23.1 Å². The molecular formula is C14H16N4O4S. The number of anilines is 1. The average Bonchev–Trinajstić information content (AvgIpc) is 3.01. The standard InChI is InChI=1S/C14H16N4O4S/c1-3-22-14(20)18-13-11(17-8-23-13)12(19)16-6-9-4-5-10(21-2)7-15-9/h4-5,7-8H,3,6H2,1-2H3,(H,16,19)(H,18,20). The first-order valence-electron chi connectivity index (χ1n) is 6.78. The molecule has 0 bridgehead atoms. The third kappa shape index (κ3) is 4.65. The first kappa shape index (κ1) is 16.7. The van der Waals surface area contributed by atoms with E-state index in [-0.39, 0.29) is 18.8 Å². The van der Waals surface area contributed by atoms with Gasteiger partial charge in [-0.1, -0.05) is 0 Å². The number of thiazole rings is 1. The van der Waals surface area contributed by atoms with Crippen molar-refractivity contribution in [1.29, 1.82) is 0 Å². The summed E-state index contributed by atoms with van der Waals surface area (Å²) in [5.74, 6) is 0.233.